The maximum atomic E-state index is 13.3. The molecular formula is C12H11FN2. The molecule has 0 aliphatic carbocycles. The molecule has 0 N–H and O–H groups in total. The molecule has 0 aliphatic heterocycles. The Hall–Kier alpha value is -1.82. The lowest BCUT2D eigenvalue weighted by Crippen LogP contribution is -1.89. The highest BCUT2D eigenvalue weighted by molar-refractivity contribution is 5.80. The fourth-order valence-corrected chi connectivity index (χ4v) is 1.49. The summed E-state index contributed by atoms with van der Waals surface area (Å²) in [5.41, 5.74) is 1.62. The van der Waals surface area contributed by atoms with Gasteiger partial charge in [-0.3, -0.25) is 4.68 Å². The Labute approximate surface area is 87.7 Å². The molecule has 0 spiro atoms. The van der Waals surface area contributed by atoms with E-state index in [0.29, 0.717) is 5.39 Å². The minimum atomic E-state index is -0.437. The third-order valence-corrected chi connectivity index (χ3v) is 2.21. The molecule has 0 atom stereocenters. The van der Waals surface area contributed by atoms with Crippen LogP contribution in [0.15, 0.2) is 18.2 Å². The minimum Gasteiger partial charge on any atom is -0.265 e. The van der Waals surface area contributed by atoms with Crippen LogP contribution in [0.3, 0.4) is 0 Å². The summed E-state index contributed by atoms with van der Waals surface area (Å²) in [6.07, 6.45) is 0.799. The van der Waals surface area contributed by atoms with E-state index in [1.807, 2.05) is 19.1 Å². The zero-order valence-corrected chi connectivity index (χ0v) is 8.71. The highest BCUT2D eigenvalue weighted by Crippen LogP contribution is 2.17. The minimum absolute atomic E-state index is 0.437. The Morgan fingerprint density at radius 2 is 2.27 bits per heavy atom. The molecule has 0 saturated carbocycles. The first-order chi connectivity index (χ1) is 7.22. The number of aryl methyl sites for hydroxylation is 1. The Bertz CT molecular complexity index is 558. The van der Waals surface area contributed by atoms with Crippen LogP contribution in [0, 0.1) is 17.8 Å². The number of rotatable bonds is 0. The van der Waals surface area contributed by atoms with Crippen molar-refractivity contribution in [3.8, 4) is 11.8 Å². The highest BCUT2D eigenvalue weighted by Gasteiger charge is 2.07. The zero-order valence-electron chi connectivity index (χ0n) is 8.71. The van der Waals surface area contributed by atoms with Crippen molar-refractivity contribution in [3.63, 3.8) is 0 Å². The van der Waals surface area contributed by atoms with Crippen LogP contribution in [0.1, 0.15) is 18.9 Å². The van der Waals surface area contributed by atoms with Crippen molar-refractivity contribution < 1.29 is 4.39 Å². The second-order valence-electron chi connectivity index (χ2n) is 3.30. The smallest absolute Gasteiger partial charge is 0.240 e. The molecule has 0 bridgehead atoms. The van der Waals surface area contributed by atoms with Crippen molar-refractivity contribution in [2.45, 2.75) is 13.3 Å². The second-order valence-corrected chi connectivity index (χ2v) is 3.30. The third-order valence-electron chi connectivity index (χ3n) is 2.21. The first-order valence-electron chi connectivity index (χ1n) is 4.83. The van der Waals surface area contributed by atoms with E-state index in [0.717, 1.165) is 17.5 Å². The SMILES string of the molecule is CCC#Cc1ccc2c(c1)c(F)nn2C. The van der Waals surface area contributed by atoms with Gasteiger partial charge in [-0.05, 0) is 18.2 Å². The van der Waals surface area contributed by atoms with Gasteiger partial charge in [-0.25, -0.2) is 0 Å². The molecular weight excluding hydrogens is 191 g/mol. The lowest BCUT2D eigenvalue weighted by atomic mass is 10.1. The van der Waals surface area contributed by atoms with Crippen LogP contribution in [0.5, 0.6) is 0 Å². The van der Waals surface area contributed by atoms with E-state index in [9.17, 15) is 4.39 Å². The van der Waals surface area contributed by atoms with Crippen LogP contribution in [-0.2, 0) is 7.05 Å². The quantitative estimate of drug-likeness (QED) is 0.600. The Morgan fingerprint density at radius 1 is 1.47 bits per heavy atom. The number of halogens is 1. The van der Waals surface area contributed by atoms with Crippen LogP contribution >= 0.6 is 0 Å². The standard InChI is InChI=1S/C12H11FN2/c1-3-4-5-9-6-7-11-10(8-9)12(13)14-15(11)2/h6-8H,3H2,1-2H3. The van der Waals surface area contributed by atoms with E-state index < -0.39 is 5.95 Å². The molecule has 1 aromatic carbocycles. The van der Waals surface area contributed by atoms with E-state index in [-0.39, 0.29) is 0 Å². The number of benzene rings is 1. The number of fused-ring (bicyclic) bond motifs is 1. The van der Waals surface area contributed by atoms with Gasteiger partial charge in [0.25, 0.3) is 0 Å². The Kier molecular flexibility index (Phi) is 2.42. The second kappa shape index (κ2) is 3.74. The lowest BCUT2D eigenvalue weighted by molar-refractivity contribution is 0.562. The number of aromatic nitrogens is 2. The molecule has 76 valence electrons. The summed E-state index contributed by atoms with van der Waals surface area (Å²) in [4.78, 5) is 0. The van der Waals surface area contributed by atoms with Gasteiger partial charge >= 0.3 is 0 Å². The zero-order chi connectivity index (χ0) is 10.8. The first kappa shape index (κ1) is 9.72. The van der Waals surface area contributed by atoms with Crippen LogP contribution in [0.2, 0.25) is 0 Å². The summed E-state index contributed by atoms with van der Waals surface area (Å²) in [5, 5.41) is 4.24. The van der Waals surface area contributed by atoms with Crippen molar-refractivity contribution in [2.24, 2.45) is 7.05 Å². The van der Waals surface area contributed by atoms with Gasteiger partial charge in [-0.1, -0.05) is 18.8 Å². The molecule has 3 heteroatoms. The normalized spacial score (nSPS) is 10.1. The van der Waals surface area contributed by atoms with E-state index >= 15 is 0 Å². The van der Waals surface area contributed by atoms with E-state index in [2.05, 4.69) is 16.9 Å². The molecule has 2 aromatic rings. The van der Waals surface area contributed by atoms with Crippen molar-refractivity contribution in [3.05, 3.63) is 29.7 Å². The predicted molar refractivity (Wildman–Crippen MR) is 57.8 cm³/mol. The first-order valence-corrected chi connectivity index (χ1v) is 4.83. The molecule has 0 unspecified atom stereocenters. The Balaban J connectivity index is 2.60. The lowest BCUT2D eigenvalue weighted by Gasteiger charge is -1.93. The Morgan fingerprint density at radius 3 is 3.00 bits per heavy atom. The molecule has 1 heterocycles. The van der Waals surface area contributed by atoms with Gasteiger partial charge in [-0.15, -0.1) is 5.10 Å². The van der Waals surface area contributed by atoms with Crippen LogP contribution in [-0.4, -0.2) is 9.78 Å². The average molecular weight is 202 g/mol. The fraction of sp³-hybridized carbons (Fsp3) is 0.250. The molecule has 2 rings (SSSR count). The molecule has 15 heavy (non-hydrogen) atoms. The average Bonchev–Trinajstić information content (AvgIpc) is 2.52. The van der Waals surface area contributed by atoms with E-state index in [1.165, 1.54) is 4.68 Å². The van der Waals surface area contributed by atoms with E-state index in [4.69, 9.17) is 0 Å². The maximum Gasteiger partial charge on any atom is 0.240 e. The fourth-order valence-electron chi connectivity index (χ4n) is 1.49. The topological polar surface area (TPSA) is 17.8 Å². The number of hydrogen-bond donors (Lipinski definition) is 0. The van der Waals surface area contributed by atoms with Crippen molar-refractivity contribution in [1.82, 2.24) is 9.78 Å². The molecule has 0 fully saturated rings. The van der Waals surface area contributed by atoms with Crippen LogP contribution in [0.25, 0.3) is 10.9 Å². The van der Waals surface area contributed by atoms with Gasteiger partial charge in [0.15, 0.2) is 0 Å². The highest BCUT2D eigenvalue weighted by atomic mass is 19.1. The maximum absolute atomic E-state index is 13.3. The number of hydrogen-bond acceptors (Lipinski definition) is 1. The summed E-state index contributed by atoms with van der Waals surface area (Å²) < 4.78 is 14.9. The summed E-state index contributed by atoms with van der Waals surface area (Å²) in [6, 6.07) is 5.46. The molecule has 0 radical (unpaired) electrons. The molecule has 0 saturated heterocycles. The van der Waals surface area contributed by atoms with Gasteiger partial charge in [0.2, 0.25) is 5.95 Å². The van der Waals surface area contributed by atoms with Crippen molar-refractivity contribution >= 4 is 10.9 Å². The van der Waals surface area contributed by atoms with Gasteiger partial charge in [-0.2, -0.15) is 4.39 Å². The van der Waals surface area contributed by atoms with Gasteiger partial charge in [0, 0.05) is 19.0 Å². The van der Waals surface area contributed by atoms with Crippen molar-refractivity contribution in [1.29, 1.82) is 0 Å². The molecule has 1 aromatic heterocycles. The molecule has 0 aliphatic rings. The summed E-state index contributed by atoms with van der Waals surface area (Å²) in [7, 11) is 1.73. The predicted octanol–water partition coefficient (Wildman–Crippen LogP) is 2.47. The molecule has 0 amide bonds. The van der Waals surface area contributed by atoms with E-state index in [1.54, 1.807) is 13.1 Å². The van der Waals surface area contributed by atoms with Gasteiger partial charge < -0.3 is 0 Å². The van der Waals surface area contributed by atoms with Gasteiger partial charge in [0.05, 0.1) is 10.9 Å². The third kappa shape index (κ3) is 1.71. The number of nitrogens with zero attached hydrogens (tertiary/aromatic N) is 2. The largest absolute Gasteiger partial charge is 0.265 e. The van der Waals surface area contributed by atoms with Crippen molar-refractivity contribution in [2.75, 3.05) is 0 Å². The monoisotopic (exact) mass is 202 g/mol. The van der Waals surface area contributed by atoms with Crippen LogP contribution < -0.4 is 0 Å². The molecule has 2 nitrogen and oxygen atoms in total. The summed E-state index contributed by atoms with van der Waals surface area (Å²) in [5.74, 6) is 5.49. The summed E-state index contributed by atoms with van der Waals surface area (Å²) >= 11 is 0. The van der Waals surface area contributed by atoms with Gasteiger partial charge in [0.1, 0.15) is 0 Å². The summed E-state index contributed by atoms with van der Waals surface area (Å²) in [6.45, 7) is 1.98. The van der Waals surface area contributed by atoms with Crippen LogP contribution in [0.4, 0.5) is 4.39 Å².